The van der Waals surface area contributed by atoms with Crippen LogP contribution in [0.3, 0.4) is 0 Å². The maximum absolute atomic E-state index is 14.5. The molecule has 4 rings (SSSR count). The lowest BCUT2D eigenvalue weighted by Crippen LogP contribution is -2.45. The van der Waals surface area contributed by atoms with Crippen LogP contribution >= 0.6 is 39.1 Å². The Kier molecular flexibility index (Phi) is 3.91. The van der Waals surface area contributed by atoms with Crippen LogP contribution in [-0.2, 0) is 0 Å². The van der Waals surface area contributed by atoms with Gasteiger partial charge < -0.3 is 10.0 Å². The maximum atomic E-state index is 14.5. The standard InChI is InChI=1S/C15H13BrCl2FN3O/c16-11-10(17)5-9-13(12(11)19)20-15(18)21-14(9)22-6-1-2-7(22)4-8(23)3-6/h5-8,23H,1-4H2. The molecule has 2 atom stereocenters. The molecule has 23 heavy (non-hydrogen) atoms. The van der Waals surface area contributed by atoms with E-state index in [0.29, 0.717) is 24.0 Å². The zero-order valence-electron chi connectivity index (χ0n) is 11.9. The molecule has 1 aromatic carbocycles. The SMILES string of the molecule is OC1CC2CCC(C1)N2c1nc(Cl)nc2c(F)c(Br)c(Cl)cc12. The normalized spacial score (nSPS) is 27.0. The van der Waals surface area contributed by atoms with Crippen molar-refractivity contribution in [3.05, 3.63) is 26.7 Å². The minimum Gasteiger partial charge on any atom is -0.393 e. The number of benzene rings is 1. The molecule has 4 nitrogen and oxygen atoms in total. The van der Waals surface area contributed by atoms with Crippen molar-refractivity contribution in [2.45, 2.75) is 43.9 Å². The molecule has 8 heteroatoms. The van der Waals surface area contributed by atoms with E-state index < -0.39 is 5.82 Å². The second-order valence-corrected chi connectivity index (χ2v) is 7.65. The molecule has 0 saturated carbocycles. The molecule has 2 aromatic rings. The van der Waals surface area contributed by atoms with Gasteiger partial charge in [0.15, 0.2) is 5.82 Å². The molecule has 2 aliphatic heterocycles. The van der Waals surface area contributed by atoms with Crippen LogP contribution in [0.15, 0.2) is 10.5 Å². The topological polar surface area (TPSA) is 49.2 Å². The number of halogens is 4. The van der Waals surface area contributed by atoms with Gasteiger partial charge in [0.2, 0.25) is 5.28 Å². The van der Waals surface area contributed by atoms with Gasteiger partial charge in [-0.2, -0.15) is 4.98 Å². The van der Waals surface area contributed by atoms with Crippen LogP contribution in [0.5, 0.6) is 0 Å². The number of hydrogen-bond acceptors (Lipinski definition) is 4. The molecule has 0 aliphatic carbocycles. The quantitative estimate of drug-likeness (QED) is 0.551. The predicted octanol–water partition coefficient (Wildman–Crippen LogP) is 4.33. The molecule has 2 unspecified atom stereocenters. The van der Waals surface area contributed by atoms with Gasteiger partial charge in [-0.15, -0.1) is 0 Å². The van der Waals surface area contributed by atoms with E-state index in [0.717, 1.165) is 12.8 Å². The fourth-order valence-electron chi connectivity index (χ4n) is 3.82. The Morgan fingerprint density at radius 3 is 2.52 bits per heavy atom. The van der Waals surface area contributed by atoms with Gasteiger partial charge in [-0.25, -0.2) is 9.37 Å². The highest BCUT2D eigenvalue weighted by Crippen LogP contribution is 2.43. The van der Waals surface area contributed by atoms with Gasteiger partial charge in [-0.1, -0.05) is 11.6 Å². The minimum absolute atomic E-state index is 0.00569. The molecule has 1 N–H and O–H groups in total. The van der Waals surface area contributed by atoms with Crippen LogP contribution in [0.1, 0.15) is 25.7 Å². The zero-order chi connectivity index (χ0) is 16.3. The highest BCUT2D eigenvalue weighted by molar-refractivity contribution is 9.10. The average Bonchev–Trinajstić information content (AvgIpc) is 2.77. The molecule has 0 spiro atoms. The Balaban J connectivity index is 1.94. The first-order valence-electron chi connectivity index (χ1n) is 7.43. The van der Waals surface area contributed by atoms with Gasteiger partial charge in [0.1, 0.15) is 11.3 Å². The van der Waals surface area contributed by atoms with Crippen molar-refractivity contribution in [2.24, 2.45) is 0 Å². The zero-order valence-corrected chi connectivity index (χ0v) is 15.0. The van der Waals surface area contributed by atoms with Crippen molar-refractivity contribution in [2.75, 3.05) is 4.90 Å². The second-order valence-electron chi connectivity index (χ2n) is 6.12. The Morgan fingerprint density at radius 1 is 1.22 bits per heavy atom. The summed E-state index contributed by atoms with van der Waals surface area (Å²) in [5.74, 6) is 0.0649. The second kappa shape index (κ2) is 5.69. The van der Waals surface area contributed by atoms with Crippen LogP contribution in [0.25, 0.3) is 10.9 Å². The molecule has 3 heterocycles. The van der Waals surface area contributed by atoms with E-state index in [1.165, 1.54) is 0 Å². The number of fused-ring (bicyclic) bond motifs is 3. The lowest BCUT2D eigenvalue weighted by Gasteiger charge is -2.38. The van der Waals surface area contributed by atoms with E-state index in [2.05, 4.69) is 30.8 Å². The summed E-state index contributed by atoms with van der Waals surface area (Å²) in [7, 11) is 0. The first kappa shape index (κ1) is 15.8. The number of piperidine rings is 1. The Labute approximate surface area is 150 Å². The van der Waals surface area contributed by atoms with Crippen molar-refractivity contribution < 1.29 is 9.50 Å². The van der Waals surface area contributed by atoms with E-state index in [9.17, 15) is 9.50 Å². The number of rotatable bonds is 1. The van der Waals surface area contributed by atoms with Gasteiger partial charge >= 0.3 is 0 Å². The number of anilines is 1. The molecule has 122 valence electrons. The lowest BCUT2D eigenvalue weighted by molar-refractivity contribution is 0.126. The summed E-state index contributed by atoms with van der Waals surface area (Å²) < 4.78 is 14.7. The highest BCUT2D eigenvalue weighted by atomic mass is 79.9. The number of aromatic nitrogens is 2. The van der Waals surface area contributed by atoms with Crippen LogP contribution < -0.4 is 4.90 Å². The fourth-order valence-corrected chi connectivity index (χ4v) is 4.48. The third-order valence-electron chi connectivity index (χ3n) is 4.73. The van der Waals surface area contributed by atoms with E-state index in [4.69, 9.17) is 23.2 Å². The van der Waals surface area contributed by atoms with E-state index in [1.54, 1.807) is 6.07 Å². The molecule has 0 radical (unpaired) electrons. The summed E-state index contributed by atoms with van der Waals surface area (Å²) in [6.07, 6.45) is 3.05. The fraction of sp³-hybridized carbons (Fsp3) is 0.467. The lowest BCUT2D eigenvalue weighted by atomic mass is 9.99. The Hall–Kier alpha value is -0.690. The van der Waals surface area contributed by atoms with Crippen LogP contribution in [0, 0.1) is 5.82 Å². The summed E-state index contributed by atoms with van der Waals surface area (Å²) in [5, 5.41) is 10.8. The summed E-state index contributed by atoms with van der Waals surface area (Å²) in [6.45, 7) is 0. The number of hydrogen-bond donors (Lipinski definition) is 1. The number of aliphatic hydroxyl groups is 1. The number of nitrogens with zero attached hydrogens (tertiary/aromatic N) is 3. The van der Waals surface area contributed by atoms with Gasteiger partial charge in [0.05, 0.1) is 15.6 Å². The molecule has 2 bridgehead atoms. The van der Waals surface area contributed by atoms with Crippen LogP contribution in [-0.4, -0.2) is 33.3 Å². The number of aliphatic hydroxyl groups excluding tert-OH is 1. The van der Waals surface area contributed by atoms with E-state index in [-0.39, 0.29) is 38.5 Å². The molecule has 0 amide bonds. The third kappa shape index (κ3) is 2.51. The van der Waals surface area contributed by atoms with Gasteiger partial charge in [-0.05, 0) is 59.3 Å². The maximum Gasteiger partial charge on any atom is 0.225 e. The van der Waals surface area contributed by atoms with E-state index in [1.807, 2.05) is 0 Å². The summed E-state index contributed by atoms with van der Waals surface area (Å²) in [4.78, 5) is 10.6. The Bertz CT molecular complexity index is 792. The molecular formula is C15H13BrCl2FN3O. The highest BCUT2D eigenvalue weighted by Gasteiger charge is 2.41. The third-order valence-corrected chi connectivity index (χ3v) is 6.20. The van der Waals surface area contributed by atoms with Crippen LogP contribution in [0.2, 0.25) is 10.3 Å². The largest absolute Gasteiger partial charge is 0.393 e. The van der Waals surface area contributed by atoms with Crippen LogP contribution in [0.4, 0.5) is 10.2 Å². The van der Waals surface area contributed by atoms with Crippen molar-refractivity contribution >= 4 is 55.9 Å². The molecular weight excluding hydrogens is 408 g/mol. The van der Waals surface area contributed by atoms with Crippen molar-refractivity contribution in [3.63, 3.8) is 0 Å². The summed E-state index contributed by atoms with van der Waals surface area (Å²) in [5.41, 5.74) is 0.154. The Morgan fingerprint density at radius 2 is 1.87 bits per heavy atom. The summed E-state index contributed by atoms with van der Waals surface area (Å²) in [6, 6.07) is 2.03. The molecule has 2 aliphatic rings. The van der Waals surface area contributed by atoms with Gasteiger partial charge in [-0.3, -0.25) is 0 Å². The molecule has 2 saturated heterocycles. The average molecular weight is 421 g/mol. The van der Waals surface area contributed by atoms with Crippen molar-refractivity contribution in [3.8, 4) is 0 Å². The minimum atomic E-state index is -0.539. The first-order valence-corrected chi connectivity index (χ1v) is 8.97. The summed E-state index contributed by atoms with van der Waals surface area (Å²) >= 11 is 15.3. The first-order chi connectivity index (χ1) is 11.0. The van der Waals surface area contributed by atoms with E-state index >= 15 is 0 Å². The predicted molar refractivity (Wildman–Crippen MR) is 91.7 cm³/mol. The van der Waals surface area contributed by atoms with Crippen molar-refractivity contribution in [1.82, 2.24) is 9.97 Å². The smallest absolute Gasteiger partial charge is 0.225 e. The molecule has 2 fully saturated rings. The monoisotopic (exact) mass is 419 g/mol. The van der Waals surface area contributed by atoms with Gasteiger partial charge in [0.25, 0.3) is 0 Å². The van der Waals surface area contributed by atoms with Gasteiger partial charge in [0, 0.05) is 17.5 Å². The van der Waals surface area contributed by atoms with Crippen molar-refractivity contribution in [1.29, 1.82) is 0 Å². The molecule has 1 aromatic heterocycles.